The van der Waals surface area contributed by atoms with E-state index in [2.05, 4.69) is 52.4 Å². The maximum atomic E-state index is 13.2. The van der Waals surface area contributed by atoms with Crippen molar-refractivity contribution in [3.05, 3.63) is 65.4 Å². The molecule has 226 valence electrons. The highest BCUT2D eigenvalue weighted by Gasteiger charge is 2.30. The Hall–Kier alpha value is -2.69. The maximum absolute atomic E-state index is 13.2. The van der Waals surface area contributed by atoms with E-state index >= 15 is 0 Å². The van der Waals surface area contributed by atoms with Crippen molar-refractivity contribution in [1.82, 2.24) is 14.8 Å². The van der Waals surface area contributed by atoms with Crippen molar-refractivity contribution in [2.45, 2.75) is 127 Å². The summed E-state index contributed by atoms with van der Waals surface area (Å²) in [7, 11) is 2.00. The summed E-state index contributed by atoms with van der Waals surface area (Å²) in [6, 6.07) is 3.78. The van der Waals surface area contributed by atoms with Crippen LogP contribution >= 0.6 is 0 Å². The first kappa shape index (κ1) is 37.3. The summed E-state index contributed by atoms with van der Waals surface area (Å²) < 4.78 is 0. The van der Waals surface area contributed by atoms with Crippen LogP contribution in [0.25, 0.3) is 0 Å². The van der Waals surface area contributed by atoms with E-state index in [-0.39, 0.29) is 11.9 Å². The van der Waals surface area contributed by atoms with E-state index in [9.17, 15) is 4.79 Å². The number of likely N-dealkylation sites (tertiary alicyclic amines) is 1. The van der Waals surface area contributed by atoms with Crippen LogP contribution in [0.1, 0.15) is 130 Å². The second kappa shape index (κ2) is 21.1. The number of hydrogen-bond acceptors (Lipinski definition) is 4. The predicted octanol–water partition coefficient (Wildman–Crippen LogP) is 9.76. The molecule has 2 atom stereocenters. The number of piperidine rings is 1. The van der Waals surface area contributed by atoms with Crippen molar-refractivity contribution in [3.8, 4) is 0 Å². The standard InChI is InChI=1S/C23H30N4O.C8H18.2C2H6/c1-6-19-18(4)15-26(5)21(25-19)14-17(3)20-11-7-8-13-27(20)23(28)22-16(2)10-9-12-24-22;1-4-6-7-8(3)5-2;2*1-2/h9-10,12,14-15,20H,3,6-8,11,13H2,1-2,4-5H3;8H,4-7H2,1-3H3;2*1-2H3/b21-14-;;;/t20-;8-;;/m01../s1. The van der Waals surface area contributed by atoms with E-state index in [1.54, 1.807) is 6.20 Å². The fraction of sp³-hybridized carbons (Fsp3) is 0.629. The van der Waals surface area contributed by atoms with Gasteiger partial charge < -0.3 is 9.80 Å². The zero-order valence-electron chi connectivity index (χ0n) is 27.8. The van der Waals surface area contributed by atoms with Gasteiger partial charge in [0.2, 0.25) is 0 Å². The monoisotopic (exact) mass is 552 g/mol. The summed E-state index contributed by atoms with van der Waals surface area (Å²) in [6.45, 7) is 26.0. The smallest absolute Gasteiger partial charge is 0.273 e. The van der Waals surface area contributed by atoms with Crippen LogP contribution in [0.5, 0.6) is 0 Å². The lowest BCUT2D eigenvalue weighted by Gasteiger charge is -2.36. The largest absolute Gasteiger partial charge is 0.336 e. The third kappa shape index (κ3) is 11.8. The predicted molar refractivity (Wildman–Crippen MR) is 176 cm³/mol. The average Bonchev–Trinajstić information content (AvgIpc) is 2.99. The van der Waals surface area contributed by atoms with Crippen LogP contribution in [0.2, 0.25) is 0 Å². The molecule has 1 fully saturated rings. The van der Waals surface area contributed by atoms with E-state index in [0.29, 0.717) is 5.69 Å². The van der Waals surface area contributed by atoms with Crippen molar-refractivity contribution >= 4 is 11.6 Å². The van der Waals surface area contributed by atoms with Gasteiger partial charge in [-0.05, 0) is 74.3 Å². The molecule has 0 bridgehead atoms. The van der Waals surface area contributed by atoms with E-state index in [4.69, 9.17) is 4.99 Å². The molecule has 2 aliphatic heterocycles. The van der Waals surface area contributed by atoms with Crippen LogP contribution in [-0.4, -0.2) is 46.0 Å². The van der Waals surface area contributed by atoms with E-state index in [0.717, 1.165) is 60.8 Å². The first-order chi connectivity index (χ1) is 19.2. The Morgan fingerprint density at radius 2 is 1.82 bits per heavy atom. The molecular weight excluding hydrogens is 492 g/mol. The number of allylic oxidation sites excluding steroid dienone is 1. The minimum Gasteiger partial charge on any atom is -0.336 e. The second-order valence-electron chi connectivity index (χ2n) is 10.2. The average molecular weight is 553 g/mol. The third-order valence-electron chi connectivity index (χ3n) is 7.25. The Labute approximate surface area is 247 Å². The molecule has 0 aliphatic carbocycles. The summed E-state index contributed by atoms with van der Waals surface area (Å²) in [5.41, 5.74) is 4.65. The number of rotatable bonds is 8. The van der Waals surface area contributed by atoms with E-state index in [1.165, 1.54) is 31.3 Å². The first-order valence-corrected chi connectivity index (χ1v) is 15.9. The zero-order valence-corrected chi connectivity index (χ0v) is 27.8. The minimum atomic E-state index is -0.0177. The molecule has 1 aromatic heterocycles. The van der Waals surface area contributed by atoms with Gasteiger partial charge in [-0.1, -0.05) is 93.7 Å². The van der Waals surface area contributed by atoms with Crippen LogP contribution in [0.4, 0.5) is 0 Å². The number of unbranched alkanes of at least 4 members (excludes halogenated alkanes) is 1. The van der Waals surface area contributed by atoms with E-state index < -0.39 is 0 Å². The van der Waals surface area contributed by atoms with Crippen molar-refractivity contribution in [3.63, 3.8) is 0 Å². The molecule has 1 amide bonds. The fourth-order valence-corrected chi connectivity index (χ4v) is 4.65. The molecule has 3 rings (SSSR count). The fourth-order valence-electron chi connectivity index (χ4n) is 4.65. The van der Waals surface area contributed by atoms with Gasteiger partial charge in [-0.25, -0.2) is 4.99 Å². The van der Waals surface area contributed by atoms with Gasteiger partial charge in [0.05, 0.1) is 6.04 Å². The van der Waals surface area contributed by atoms with Gasteiger partial charge in [-0.3, -0.25) is 9.78 Å². The van der Waals surface area contributed by atoms with Gasteiger partial charge in [0.15, 0.2) is 0 Å². The lowest BCUT2D eigenvalue weighted by atomic mass is 9.94. The first-order valence-electron chi connectivity index (χ1n) is 15.9. The molecule has 0 unspecified atom stereocenters. The van der Waals surface area contributed by atoms with Crippen molar-refractivity contribution in [1.29, 1.82) is 0 Å². The summed E-state index contributed by atoms with van der Waals surface area (Å²) in [5.74, 6) is 1.82. The number of carbonyl (C=O) groups is 1. The van der Waals surface area contributed by atoms with Crippen LogP contribution in [0.3, 0.4) is 0 Å². The number of amides is 1. The Bertz CT molecular complexity index is 975. The van der Waals surface area contributed by atoms with Crippen molar-refractivity contribution < 1.29 is 4.79 Å². The van der Waals surface area contributed by atoms with Gasteiger partial charge in [0, 0.05) is 31.7 Å². The summed E-state index contributed by atoms with van der Waals surface area (Å²) in [4.78, 5) is 26.3. The highest BCUT2D eigenvalue weighted by Crippen LogP contribution is 2.27. The molecule has 3 heterocycles. The molecular formula is C35H60N4O. The molecule has 5 nitrogen and oxygen atoms in total. The molecule has 0 radical (unpaired) electrons. The molecule has 0 aromatic carbocycles. The highest BCUT2D eigenvalue weighted by atomic mass is 16.2. The minimum absolute atomic E-state index is 0.00663. The Morgan fingerprint density at radius 3 is 2.40 bits per heavy atom. The number of aromatic nitrogens is 1. The molecule has 40 heavy (non-hydrogen) atoms. The van der Waals surface area contributed by atoms with E-state index in [1.807, 2.05) is 69.7 Å². The lowest BCUT2D eigenvalue weighted by Crippen LogP contribution is -2.45. The molecule has 1 aromatic rings. The number of hydrogen-bond donors (Lipinski definition) is 0. The Balaban J connectivity index is 0.00000108. The summed E-state index contributed by atoms with van der Waals surface area (Å²) >= 11 is 0. The summed E-state index contributed by atoms with van der Waals surface area (Å²) in [5, 5.41) is 0. The molecule has 5 heteroatoms. The van der Waals surface area contributed by atoms with Gasteiger partial charge in [0.25, 0.3) is 5.91 Å². The van der Waals surface area contributed by atoms with Gasteiger partial charge in [-0.2, -0.15) is 0 Å². The molecule has 2 aliphatic rings. The maximum Gasteiger partial charge on any atom is 0.273 e. The molecule has 1 saturated heterocycles. The van der Waals surface area contributed by atoms with Gasteiger partial charge in [0.1, 0.15) is 11.5 Å². The van der Waals surface area contributed by atoms with Crippen LogP contribution < -0.4 is 0 Å². The zero-order chi connectivity index (χ0) is 30.7. The highest BCUT2D eigenvalue weighted by molar-refractivity contribution is 6.00. The van der Waals surface area contributed by atoms with Crippen molar-refractivity contribution in [2.24, 2.45) is 10.9 Å². The Kier molecular flexibility index (Phi) is 19.7. The second-order valence-corrected chi connectivity index (χ2v) is 10.2. The van der Waals surface area contributed by atoms with Crippen molar-refractivity contribution in [2.75, 3.05) is 13.6 Å². The van der Waals surface area contributed by atoms with Crippen LogP contribution in [0.15, 0.2) is 59.1 Å². The van der Waals surface area contributed by atoms with Gasteiger partial charge in [-0.15, -0.1) is 0 Å². The number of pyridine rings is 1. The number of aliphatic imine (C=N–C) groups is 1. The van der Waals surface area contributed by atoms with Crippen LogP contribution in [-0.2, 0) is 0 Å². The van der Waals surface area contributed by atoms with Crippen LogP contribution in [0, 0.1) is 12.8 Å². The number of nitrogens with zero attached hydrogens (tertiary/aromatic N) is 4. The SMILES string of the molecule is C=C(/C=C1/N=C(CC)C(C)=CN1C)[C@@H]1CCCCN1C(=O)c1ncccc1C.CC.CC.CCCC[C@H](C)CC. The molecule has 0 N–H and O–H groups in total. The molecule has 0 spiro atoms. The Morgan fingerprint density at radius 1 is 1.15 bits per heavy atom. The normalized spacial score (nSPS) is 18.1. The van der Waals surface area contributed by atoms with Gasteiger partial charge >= 0.3 is 0 Å². The molecule has 0 saturated carbocycles. The number of carbonyl (C=O) groups excluding carboxylic acids is 1. The quantitative estimate of drug-likeness (QED) is 0.322. The number of aryl methyl sites for hydroxylation is 1. The third-order valence-corrected chi connectivity index (χ3v) is 7.25. The topological polar surface area (TPSA) is 48.8 Å². The summed E-state index contributed by atoms with van der Waals surface area (Å²) in [6.07, 6.45) is 15.3. The lowest BCUT2D eigenvalue weighted by molar-refractivity contribution is 0.0649.